The average molecular weight is 460 g/mol. The fourth-order valence-electron chi connectivity index (χ4n) is 3.23. The summed E-state index contributed by atoms with van der Waals surface area (Å²) in [6.07, 6.45) is 0.757. The zero-order valence-corrected chi connectivity index (χ0v) is 19.3. The first-order valence-corrected chi connectivity index (χ1v) is 11.2. The van der Waals surface area contributed by atoms with Crippen LogP contribution >= 0.6 is 0 Å². The molecule has 2 amide bonds. The molecule has 0 aromatic heterocycles. The molecule has 0 aliphatic heterocycles. The molecule has 3 rings (SSSR count). The van der Waals surface area contributed by atoms with Gasteiger partial charge in [0.2, 0.25) is 5.91 Å². The van der Waals surface area contributed by atoms with Crippen molar-refractivity contribution in [1.29, 1.82) is 0 Å². The van der Waals surface area contributed by atoms with Crippen molar-refractivity contribution in [2.24, 2.45) is 0 Å². The summed E-state index contributed by atoms with van der Waals surface area (Å²) < 4.78 is 5.09. The number of rotatable bonds is 10. The van der Waals surface area contributed by atoms with E-state index in [2.05, 4.69) is 16.0 Å². The SMILES string of the molecule is CCCOC(=O)c1ccc(NC(=O)CNc2cccc(C(=O)NC(C)c3ccccc3)c2)cc1. The molecule has 3 N–H and O–H groups in total. The molecular weight excluding hydrogens is 430 g/mol. The maximum absolute atomic E-state index is 12.6. The first kappa shape index (κ1) is 24.5. The van der Waals surface area contributed by atoms with Gasteiger partial charge in [-0.25, -0.2) is 4.79 Å². The zero-order valence-electron chi connectivity index (χ0n) is 19.3. The second-order valence-corrected chi connectivity index (χ2v) is 7.80. The van der Waals surface area contributed by atoms with Gasteiger partial charge in [0.25, 0.3) is 5.91 Å². The van der Waals surface area contributed by atoms with E-state index in [-0.39, 0.29) is 30.4 Å². The summed E-state index contributed by atoms with van der Waals surface area (Å²) in [5.74, 6) is -0.834. The Labute approximate surface area is 199 Å². The summed E-state index contributed by atoms with van der Waals surface area (Å²) in [6, 6.07) is 23.1. The number of anilines is 2. The lowest BCUT2D eigenvalue weighted by Crippen LogP contribution is -2.26. The van der Waals surface area contributed by atoms with Gasteiger partial charge in [0.15, 0.2) is 0 Å². The van der Waals surface area contributed by atoms with Gasteiger partial charge in [-0.15, -0.1) is 0 Å². The molecule has 3 aromatic rings. The molecule has 0 aliphatic carbocycles. The van der Waals surface area contributed by atoms with Crippen LogP contribution in [-0.4, -0.2) is 30.9 Å². The minimum Gasteiger partial charge on any atom is -0.462 e. The van der Waals surface area contributed by atoms with Gasteiger partial charge in [-0.2, -0.15) is 0 Å². The third kappa shape index (κ3) is 7.20. The number of benzene rings is 3. The van der Waals surface area contributed by atoms with E-state index in [0.29, 0.717) is 29.1 Å². The van der Waals surface area contributed by atoms with E-state index in [4.69, 9.17) is 4.74 Å². The van der Waals surface area contributed by atoms with E-state index in [1.165, 1.54) is 0 Å². The lowest BCUT2D eigenvalue weighted by molar-refractivity contribution is -0.114. The van der Waals surface area contributed by atoms with Crippen molar-refractivity contribution >= 4 is 29.2 Å². The topological polar surface area (TPSA) is 96.5 Å². The van der Waals surface area contributed by atoms with Crippen LogP contribution in [0.4, 0.5) is 11.4 Å². The number of ether oxygens (including phenoxy) is 1. The molecule has 7 heteroatoms. The summed E-state index contributed by atoms with van der Waals surface area (Å²) in [5, 5.41) is 8.78. The van der Waals surface area contributed by atoms with Crippen LogP contribution < -0.4 is 16.0 Å². The molecule has 1 atom stereocenters. The van der Waals surface area contributed by atoms with E-state index < -0.39 is 0 Å². The van der Waals surface area contributed by atoms with Crippen LogP contribution in [0.3, 0.4) is 0 Å². The molecule has 7 nitrogen and oxygen atoms in total. The molecule has 0 heterocycles. The van der Waals surface area contributed by atoms with Crippen molar-refractivity contribution in [3.05, 3.63) is 95.6 Å². The number of amides is 2. The van der Waals surface area contributed by atoms with Gasteiger partial charge in [0.05, 0.1) is 24.8 Å². The summed E-state index contributed by atoms with van der Waals surface area (Å²) in [5.41, 5.74) is 3.18. The van der Waals surface area contributed by atoms with E-state index in [0.717, 1.165) is 12.0 Å². The van der Waals surface area contributed by atoms with Gasteiger partial charge in [-0.3, -0.25) is 9.59 Å². The van der Waals surface area contributed by atoms with Gasteiger partial charge in [0.1, 0.15) is 0 Å². The molecule has 0 aliphatic rings. The number of carbonyl (C=O) groups excluding carboxylic acids is 3. The first-order chi connectivity index (χ1) is 16.5. The number of esters is 1. The molecule has 0 radical (unpaired) electrons. The van der Waals surface area contributed by atoms with E-state index in [9.17, 15) is 14.4 Å². The Morgan fingerprint density at radius 2 is 1.59 bits per heavy atom. The van der Waals surface area contributed by atoms with Crippen molar-refractivity contribution in [2.75, 3.05) is 23.8 Å². The molecule has 0 saturated heterocycles. The highest BCUT2D eigenvalue weighted by atomic mass is 16.5. The zero-order chi connectivity index (χ0) is 24.3. The van der Waals surface area contributed by atoms with Crippen LogP contribution in [0.25, 0.3) is 0 Å². The van der Waals surface area contributed by atoms with E-state index in [1.54, 1.807) is 48.5 Å². The van der Waals surface area contributed by atoms with Crippen molar-refractivity contribution < 1.29 is 19.1 Å². The van der Waals surface area contributed by atoms with Crippen LogP contribution in [0.1, 0.15) is 52.6 Å². The third-order valence-corrected chi connectivity index (χ3v) is 5.07. The number of nitrogens with one attached hydrogen (secondary N) is 3. The first-order valence-electron chi connectivity index (χ1n) is 11.2. The Hall–Kier alpha value is -4.13. The summed E-state index contributed by atoms with van der Waals surface area (Å²) in [6.45, 7) is 4.25. The molecule has 34 heavy (non-hydrogen) atoms. The highest BCUT2D eigenvalue weighted by Gasteiger charge is 2.12. The number of hydrogen-bond donors (Lipinski definition) is 3. The highest BCUT2D eigenvalue weighted by molar-refractivity contribution is 5.97. The smallest absolute Gasteiger partial charge is 0.338 e. The average Bonchev–Trinajstić information content (AvgIpc) is 2.87. The monoisotopic (exact) mass is 459 g/mol. The van der Waals surface area contributed by atoms with Gasteiger partial charge in [-0.05, 0) is 61.4 Å². The second-order valence-electron chi connectivity index (χ2n) is 7.80. The normalized spacial score (nSPS) is 11.2. The summed E-state index contributed by atoms with van der Waals surface area (Å²) in [4.78, 5) is 36.8. The van der Waals surface area contributed by atoms with Gasteiger partial charge < -0.3 is 20.7 Å². The lowest BCUT2D eigenvalue weighted by atomic mass is 10.1. The minimum atomic E-state index is -0.386. The lowest BCUT2D eigenvalue weighted by Gasteiger charge is -2.15. The van der Waals surface area contributed by atoms with Crippen LogP contribution in [0.5, 0.6) is 0 Å². The van der Waals surface area contributed by atoms with Crippen molar-refractivity contribution in [1.82, 2.24) is 5.32 Å². The number of carbonyl (C=O) groups is 3. The van der Waals surface area contributed by atoms with Crippen LogP contribution in [-0.2, 0) is 9.53 Å². The Kier molecular flexibility index (Phi) is 8.80. The molecular formula is C27H29N3O4. The van der Waals surface area contributed by atoms with Gasteiger partial charge in [-0.1, -0.05) is 43.3 Å². The molecule has 1 unspecified atom stereocenters. The summed E-state index contributed by atoms with van der Waals surface area (Å²) >= 11 is 0. The Morgan fingerprint density at radius 3 is 2.29 bits per heavy atom. The Morgan fingerprint density at radius 1 is 0.853 bits per heavy atom. The Balaban J connectivity index is 1.50. The fourth-order valence-corrected chi connectivity index (χ4v) is 3.23. The molecule has 3 aromatic carbocycles. The van der Waals surface area contributed by atoms with Gasteiger partial charge in [0, 0.05) is 16.9 Å². The highest BCUT2D eigenvalue weighted by Crippen LogP contribution is 2.15. The molecule has 0 fully saturated rings. The van der Waals surface area contributed by atoms with Crippen LogP contribution in [0.15, 0.2) is 78.9 Å². The largest absolute Gasteiger partial charge is 0.462 e. The van der Waals surface area contributed by atoms with Crippen molar-refractivity contribution in [3.63, 3.8) is 0 Å². The molecule has 0 bridgehead atoms. The quantitative estimate of drug-likeness (QED) is 0.379. The predicted octanol–water partition coefficient (Wildman–Crippen LogP) is 4.80. The fraction of sp³-hybridized carbons (Fsp3) is 0.222. The maximum atomic E-state index is 12.6. The van der Waals surface area contributed by atoms with Crippen LogP contribution in [0.2, 0.25) is 0 Å². The van der Waals surface area contributed by atoms with Crippen LogP contribution in [0, 0.1) is 0 Å². The van der Waals surface area contributed by atoms with Crippen molar-refractivity contribution in [2.45, 2.75) is 26.3 Å². The minimum absolute atomic E-state index is 0.0196. The van der Waals surface area contributed by atoms with E-state index >= 15 is 0 Å². The van der Waals surface area contributed by atoms with Gasteiger partial charge >= 0.3 is 5.97 Å². The van der Waals surface area contributed by atoms with E-state index in [1.807, 2.05) is 44.2 Å². The second kappa shape index (κ2) is 12.2. The maximum Gasteiger partial charge on any atom is 0.338 e. The number of hydrogen-bond acceptors (Lipinski definition) is 5. The standard InChI is InChI=1S/C27H29N3O4/c1-3-16-34-27(33)21-12-14-23(15-13-21)30-25(31)18-28-24-11-7-10-22(17-24)26(32)29-19(2)20-8-5-4-6-9-20/h4-15,17,19,28H,3,16,18H2,1-2H3,(H,29,32)(H,30,31). The summed E-state index contributed by atoms with van der Waals surface area (Å²) in [7, 11) is 0. The Bertz CT molecular complexity index is 1110. The predicted molar refractivity (Wildman–Crippen MR) is 133 cm³/mol. The molecule has 0 spiro atoms. The molecule has 176 valence electrons. The third-order valence-electron chi connectivity index (χ3n) is 5.07. The van der Waals surface area contributed by atoms with Crippen molar-refractivity contribution in [3.8, 4) is 0 Å². The molecule has 0 saturated carbocycles.